The lowest BCUT2D eigenvalue weighted by atomic mass is 9.94. The van der Waals surface area contributed by atoms with Crippen LogP contribution < -0.4 is 5.32 Å². The van der Waals surface area contributed by atoms with Crippen molar-refractivity contribution in [3.8, 4) is 0 Å². The predicted molar refractivity (Wildman–Crippen MR) is 87.6 cm³/mol. The average Bonchev–Trinajstić information content (AvgIpc) is 2.35. The molecule has 0 radical (unpaired) electrons. The van der Waals surface area contributed by atoms with Gasteiger partial charge in [0, 0.05) is 0 Å². The summed E-state index contributed by atoms with van der Waals surface area (Å²) in [6, 6.07) is 7.14. The molecule has 1 aromatic rings. The minimum atomic E-state index is -1.40. The first-order valence-electron chi connectivity index (χ1n) is 7.82. The van der Waals surface area contributed by atoms with Crippen LogP contribution in [0.1, 0.15) is 71.6 Å². The van der Waals surface area contributed by atoms with Crippen molar-refractivity contribution < 1.29 is 13.9 Å². The first-order valence-corrected chi connectivity index (χ1v) is 7.82. The summed E-state index contributed by atoms with van der Waals surface area (Å²) in [7, 11) is 0. The highest BCUT2D eigenvalue weighted by atomic mass is 19.1. The number of alkyl carbamates (subject to hydrolysis) is 1. The summed E-state index contributed by atoms with van der Waals surface area (Å²) in [5.74, 6) is 0. The molecule has 4 heteroatoms. The van der Waals surface area contributed by atoms with Crippen LogP contribution in [0.2, 0.25) is 0 Å². The number of benzene rings is 1. The zero-order chi connectivity index (χ0) is 17.0. The molecular formula is C18H28FNO2. The van der Waals surface area contributed by atoms with Crippen molar-refractivity contribution in [2.24, 2.45) is 0 Å². The second-order valence-corrected chi connectivity index (χ2v) is 7.09. The minimum Gasteiger partial charge on any atom is -0.444 e. The van der Waals surface area contributed by atoms with Gasteiger partial charge in [-0.2, -0.15) is 0 Å². The molecule has 0 aliphatic carbocycles. The van der Waals surface area contributed by atoms with Crippen LogP contribution in [0.5, 0.6) is 0 Å². The Kier molecular flexibility index (Phi) is 5.98. The van der Waals surface area contributed by atoms with Gasteiger partial charge in [0.05, 0.1) is 6.04 Å². The van der Waals surface area contributed by atoms with E-state index in [-0.39, 0.29) is 6.04 Å². The normalized spacial score (nSPS) is 13.6. The van der Waals surface area contributed by atoms with Gasteiger partial charge in [0.25, 0.3) is 0 Å². The van der Waals surface area contributed by atoms with Gasteiger partial charge in [-0.15, -0.1) is 0 Å². The molecule has 1 atom stereocenters. The predicted octanol–water partition coefficient (Wildman–Crippen LogP) is 5.26. The van der Waals surface area contributed by atoms with Crippen LogP contribution in [-0.2, 0) is 10.4 Å². The first-order chi connectivity index (χ1) is 10.0. The third kappa shape index (κ3) is 6.04. The highest BCUT2D eigenvalue weighted by Crippen LogP contribution is 2.28. The van der Waals surface area contributed by atoms with Crippen LogP contribution >= 0.6 is 0 Å². The van der Waals surface area contributed by atoms with E-state index >= 15 is 0 Å². The molecule has 0 fully saturated rings. The van der Waals surface area contributed by atoms with Crippen LogP contribution in [0.3, 0.4) is 0 Å². The topological polar surface area (TPSA) is 38.3 Å². The van der Waals surface area contributed by atoms with E-state index in [0.29, 0.717) is 5.56 Å². The van der Waals surface area contributed by atoms with Crippen molar-refractivity contribution in [3.05, 3.63) is 35.4 Å². The Morgan fingerprint density at radius 3 is 2.41 bits per heavy atom. The number of carbonyl (C=O) groups is 1. The molecule has 0 saturated heterocycles. The van der Waals surface area contributed by atoms with E-state index < -0.39 is 17.4 Å². The zero-order valence-corrected chi connectivity index (χ0v) is 14.5. The molecule has 0 saturated carbocycles. The summed E-state index contributed by atoms with van der Waals surface area (Å²) in [5.41, 5.74) is -0.435. The summed E-state index contributed by atoms with van der Waals surface area (Å²) in [6.07, 6.45) is 1.23. The number of alkyl halides is 1. The summed E-state index contributed by atoms with van der Waals surface area (Å²) >= 11 is 0. The highest BCUT2D eigenvalue weighted by Gasteiger charge is 2.23. The van der Waals surface area contributed by atoms with Gasteiger partial charge < -0.3 is 10.1 Å². The van der Waals surface area contributed by atoms with E-state index in [1.807, 2.05) is 45.9 Å². The maximum Gasteiger partial charge on any atom is 0.408 e. The standard InChI is InChI=1S/C18H28FNO2/c1-7-9-15(20-16(21)22-17(2,3)4)13-10-8-11-14(12-13)18(5,6)19/h8,10-12,15H,7,9H2,1-6H3,(H,20,21). The van der Waals surface area contributed by atoms with Gasteiger partial charge in [0.1, 0.15) is 11.3 Å². The molecular weight excluding hydrogens is 281 g/mol. The summed E-state index contributed by atoms with van der Waals surface area (Å²) < 4.78 is 19.4. The Bertz CT molecular complexity index is 501. The first kappa shape index (κ1) is 18.5. The van der Waals surface area contributed by atoms with E-state index in [9.17, 15) is 9.18 Å². The molecule has 3 nitrogen and oxygen atoms in total. The van der Waals surface area contributed by atoms with Crippen molar-refractivity contribution in [1.29, 1.82) is 0 Å². The molecule has 0 heterocycles. The fraction of sp³-hybridized carbons (Fsp3) is 0.611. The number of amides is 1. The van der Waals surface area contributed by atoms with E-state index in [1.165, 1.54) is 13.8 Å². The lowest BCUT2D eigenvalue weighted by molar-refractivity contribution is 0.0501. The third-order valence-electron chi connectivity index (χ3n) is 3.24. The van der Waals surface area contributed by atoms with E-state index in [0.717, 1.165) is 18.4 Å². The molecule has 22 heavy (non-hydrogen) atoms. The fourth-order valence-electron chi connectivity index (χ4n) is 2.19. The van der Waals surface area contributed by atoms with Gasteiger partial charge >= 0.3 is 6.09 Å². The number of nitrogens with one attached hydrogen (secondary N) is 1. The van der Waals surface area contributed by atoms with Crippen molar-refractivity contribution in [2.45, 2.75) is 71.7 Å². The Morgan fingerprint density at radius 2 is 1.91 bits per heavy atom. The highest BCUT2D eigenvalue weighted by molar-refractivity contribution is 5.68. The van der Waals surface area contributed by atoms with Gasteiger partial charge in [0.15, 0.2) is 0 Å². The molecule has 1 N–H and O–H groups in total. The number of hydrogen-bond acceptors (Lipinski definition) is 2. The Morgan fingerprint density at radius 1 is 1.27 bits per heavy atom. The second kappa shape index (κ2) is 7.12. The minimum absolute atomic E-state index is 0.179. The lowest BCUT2D eigenvalue weighted by Gasteiger charge is -2.24. The molecule has 0 aliphatic rings. The molecule has 0 aliphatic heterocycles. The maximum atomic E-state index is 14.1. The lowest BCUT2D eigenvalue weighted by Crippen LogP contribution is -2.35. The largest absolute Gasteiger partial charge is 0.444 e. The van der Waals surface area contributed by atoms with Crippen LogP contribution in [0.4, 0.5) is 9.18 Å². The quantitative estimate of drug-likeness (QED) is 0.806. The van der Waals surface area contributed by atoms with Crippen LogP contribution in [0.15, 0.2) is 24.3 Å². The molecule has 1 unspecified atom stereocenters. The number of carbonyl (C=O) groups excluding carboxylic acids is 1. The van der Waals surface area contributed by atoms with Crippen molar-refractivity contribution in [1.82, 2.24) is 5.32 Å². The smallest absolute Gasteiger partial charge is 0.408 e. The number of ether oxygens (including phenoxy) is 1. The number of rotatable bonds is 5. The van der Waals surface area contributed by atoms with Crippen molar-refractivity contribution in [2.75, 3.05) is 0 Å². The summed E-state index contributed by atoms with van der Waals surface area (Å²) in [6.45, 7) is 10.6. The van der Waals surface area contributed by atoms with Crippen molar-refractivity contribution in [3.63, 3.8) is 0 Å². The summed E-state index contributed by atoms with van der Waals surface area (Å²) in [5, 5.41) is 2.89. The molecule has 1 rings (SSSR count). The second-order valence-electron chi connectivity index (χ2n) is 7.09. The summed E-state index contributed by atoms with van der Waals surface area (Å²) in [4.78, 5) is 12.0. The number of halogens is 1. The van der Waals surface area contributed by atoms with E-state index in [4.69, 9.17) is 4.74 Å². The monoisotopic (exact) mass is 309 g/mol. The van der Waals surface area contributed by atoms with Gasteiger partial charge in [-0.3, -0.25) is 0 Å². The van der Waals surface area contributed by atoms with Crippen LogP contribution in [0.25, 0.3) is 0 Å². The number of hydrogen-bond donors (Lipinski definition) is 1. The fourth-order valence-corrected chi connectivity index (χ4v) is 2.19. The maximum absolute atomic E-state index is 14.1. The zero-order valence-electron chi connectivity index (χ0n) is 14.5. The third-order valence-corrected chi connectivity index (χ3v) is 3.24. The Balaban J connectivity index is 2.94. The van der Waals surface area contributed by atoms with Gasteiger partial charge in [-0.25, -0.2) is 9.18 Å². The van der Waals surface area contributed by atoms with Gasteiger partial charge in [0.2, 0.25) is 0 Å². The van der Waals surface area contributed by atoms with Crippen LogP contribution in [-0.4, -0.2) is 11.7 Å². The van der Waals surface area contributed by atoms with E-state index in [1.54, 1.807) is 6.07 Å². The van der Waals surface area contributed by atoms with Gasteiger partial charge in [-0.1, -0.05) is 37.6 Å². The molecule has 0 spiro atoms. The molecule has 1 aromatic carbocycles. The molecule has 124 valence electrons. The average molecular weight is 309 g/mol. The molecule has 0 bridgehead atoms. The van der Waals surface area contributed by atoms with Gasteiger partial charge in [-0.05, 0) is 52.2 Å². The molecule has 0 aromatic heterocycles. The van der Waals surface area contributed by atoms with Crippen LogP contribution in [0, 0.1) is 0 Å². The SMILES string of the molecule is CCCC(NC(=O)OC(C)(C)C)c1cccc(C(C)(C)F)c1. The molecule has 1 amide bonds. The van der Waals surface area contributed by atoms with Crippen molar-refractivity contribution >= 4 is 6.09 Å². The Hall–Kier alpha value is -1.58. The van der Waals surface area contributed by atoms with E-state index in [2.05, 4.69) is 5.32 Å². The Labute approximate surface area is 133 Å².